The molecule has 4 nitrogen and oxygen atoms in total. The zero-order valence-corrected chi connectivity index (χ0v) is 8.63. The first-order valence-electron chi connectivity index (χ1n) is 5.05. The highest BCUT2D eigenvalue weighted by Gasteiger charge is 2.14. The molecule has 0 radical (unpaired) electrons. The summed E-state index contributed by atoms with van der Waals surface area (Å²) in [4.78, 5) is 0. The molecule has 2 heterocycles. The summed E-state index contributed by atoms with van der Waals surface area (Å²) in [5, 5.41) is 14.1. The number of aliphatic hydroxyl groups excluding tert-OH is 1. The van der Waals surface area contributed by atoms with Crippen LogP contribution in [0.4, 0.5) is 0 Å². The lowest BCUT2D eigenvalue weighted by Crippen LogP contribution is -1.98. The van der Waals surface area contributed by atoms with Gasteiger partial charge in [-0.25, -0.2) is 0 Å². The smallest absolute Gasteiger partial charge is 0.140 e. The molecule has 2 aromatic heterocycles. The number of aryl methyl sites for hydroxylation is 1. The van der Waals surface area contributed by atoms with Crippen molar-refractivity contribution in [2.45, 2.75) is 26.0 Å². The first kappa shape index (κ1) is 9.98. The summed E-state index contributed by atoms with van der Waals surface area (Å²) < 4.78 is 6.95. The second-order valence-electron chi connectivity index (χ2n) is 3.45. The van der Waals surface area contributed by atoms with Crippen LogP contribution in [-0.2, 0) is 6.54 Å². The molecule has 0 fully saturated rings. The van der Waals surface area contributed by atoms with E-state index in [9.17, 15) is 5.11 Å². The molecule has 0 amide bonds. The Morgan fingerprint density at radius 3 is 3.13 bits per heavy atom. The summed E-state index contributed by atoms with van der Waals surface area (Å²) in [6, 6.07) is 3.51. The zero-order chi connectivity index (χ0) is 10.7. The maximum absolute atomic E-state index is 9.92. The van der Waals surface area contributed by atoms with Gasteiger partial charge < -0.3 is 9.52 Å². The highest BCUT2D eigenvalue weighted by Crippen LogP contribution is 2.21. The van der Waals surface area contributed by atoms with Crippen molar-refractivity contribution in [3.05, 3.63) is 42.1 Å². The van der Waals surface area contributed by atoms with Gasteiger partial charge in [0.05, 0.1) is 12.5 Å². The van der Waals surface area contributed by atoms with Crippen LogP contribution in [0.15, 0.2) is 35.2 Å². The maximum Gasteiger partial charge on any atom is 0.140 e. The minimum atomic E-state index is -0.717. The van der Waals surface area contributed by atoms with Crippen LogP contribution in [0.3, 0.4) is 0 Å². The summed E-state index contributed by atoms with van der Waals surface area (Å²) in [6.45, 7) is 2.95. The Balaban J connectivity index is 2.15. The minimum absolute atomic E-state index is 0.547. The molecule has 2 rings (SSSR count). The van der Waals surface area contributed by atoms with E-state index in [2.05, 4.69) is 12.0 Å². The average molecular weight is 206 g/mol. The van der Waals surface area contributed by atoms with E-state index in [1.807, 2.05) is 10.9 Å². The lowest BCUT2D eigenvalue weighted by Gasteiger charge is -2.03. The molecule has 0 saturated carbocycles. The molecule has 0 spiro atoms. The molecular formula is C11H14N2O2. The number of furan rings is 1. The monoisotopic (exact) mass is 206 g/mol. The van der Waals surface area contributed by atoms with Gasteiger partial charge in [-0.15, -0.1) is 0 Å². The molecule has 0 aliphatic heterocycles. The van der Waals surface area contributed by atoms with Gasteiger partial charge in [0, 0.05) is 18.3 Å². The van der Waals surface area contributed by atoms with Crippen molar-refractivity contribution in [2.75, 3.05) is 0 Å². The van der Waals surface area contributed by atoms with E-state index in [1.54, 1.807) is 24.6 Å². The third-order valence-corrected chi connectivity index (χ3v) is 2.23. The van der Waals surface area contributed by atoms with Gasteiger partial charge in [-0.3, -0.25) is 4.68 Å². The second-order valence-corrected chi connectivity index (χ2v) is 3.45. The fraction of sp³-hybridized carbons (Fsp3) is 0.364. The summed E-state index contributed by atoms with van der Waals surface area (Å²) in [6.07, 6.45) is 5.37. The lowest BCUT2D eigenvalue weighted by molar-refractivity contribution is 0.189. The predicted molar refractivity (Wildman–Crippen MR) is 55.3 cm³/mol. The van der Waals surface area contributed by atoms with Crippen LogP contribution >= 0.6 is 0 Å². The zero-order valence-electron chi connectivity index (χ0n) is 8.63. The minimum Gasteiger partial charge on any atom is -0.466 e. The van der Waals surface area contributed by atoms with Crippen molar-refractivity contribution in [1.29, 1.82) is 0 Å². The number of aromatic nitrogens is 2. The molecule has 0 aromatic carbocycles. The Hall–Kier alpha value is -1.55. The van der Waals surface area contributed by atoms with Crippen LogP contribution in [-0.4, -0.2) is 14.9 Å². The Kier molecular flexibility index (Phi) is 2.87. The molecule has 15 heavy (non-hydrogen) atoms. The lowest BCUT2D eigenvalue weighted by atomic mass is 10.1. The van der Waals surface area contributed by atoms with Gasteiger partial charge in [-0.1, -0.05) is 6.92 Å². The van der Waals surface area contributed by atoms with Crippen LogP contribution < -0.4 is 0 Å². The number of hydrogen-bond acceptors (Lipinski definition) is 3. The standard InChI is InChI=1S/C11H14N2O2/c1-2-5-13-8-9(7-12-13)11(14)10-4-3-6-15-10/h3-4,6-8,11,14H,2,5H2,1H3. The topological polar surface area (TPSA) is 51.2 Å². The van der Waals surface area contributed by atoms with Crippen LogP contribution in [0.25, 0.3) is 0 Å². The Morgan fingerprint density at radius 2 is 2.47 bits per heavy atom. The summed E-state index contributed by atoms with van der Waals surface area (Å²) in [7, 11) is 0. The highest BCUT2D eigenvalue weighted by molar-refractivity contribution is 5.18. The quantitative estimate of drug-likeness (QED) is 0.832. The maximum atomic E-state index is 9.92. The first-order chi connectivity index (χ1) is 7.31. The Morgan fingerprint density at radius 1 is 1.60 bits per heavy atom. The molecular weight excluding hydrogens is 192 g/mol. The average Bonchev–Trinajstić information content (AvgIpc) is 2.87. The van der Waals surface area contributed by atoms with Gasteiger partial charge in [0.2, 0.25) is 0 Å². The largest absolute Gasteiger partial charge is 0.466 e. The number of nitrogens with zero attached hydrogens (tertiary/aromatic N) is 2. The van der Waals surface area contributed by atoms with Crippen molar-refractivity contribution in [3.63, 3.8) is 0 Å². The van der Waals surface area contributed by atoms with Crippen molar-refractivity contribution in [1.82, 2.24) is 9.78 Å². The highest BCUT2D eigenvalue weighted by atomic mass is 16.4. The molecule has 0 aliphatic rings. The third kappa shape index (κ3) is 2.10. The Bertz CT molecular complexity index is 406. The molecule has 0 bridgehead atoms. The van der Waals surface area contributed by atoms with E-state index in [1.165, 1.54) is 0 Å². The van der Waals surface area contributed by atoms with Gasteiger partial charge in [0.25, 0.3) is 0 Å². The van der Waals surface area contributed by atoms with Crippen LogP contribution in [0.1, 0.15) is 30.8 Å². The Labute approximate surface area is 88.1 Å². The van der Waals surface area contributed by atoms with Gasteiger partial charge in [-0.2, -0.15) is 5.10 Å². The normalized spacial score (nSPS) is 12.9. The van der Waals surface area contributed by atoms with E-state index in [0.29, 0.717) is 5.76 Å². The summed E-state index contributed by atoms with van der Waals surface area (Å²) in [5.41, 5.74) is 0.762. The second kappa shape index (κ2) is 4.31. The van der Waals surface area contributed by atoms with Crippen molar-refractivity contribution < 1.29 is 9.52 Å². The van der Waals surface area contributed by atoms with E-state index in [4.69, 9.17) is 4.42 Å². The van der Waals surface area contributed by atoms with Crippen LogP contribution in [0, 0.1) is 0 Å². The molecule has 1 atom stereocenters. The molecule has 4 heteroatoms. The predicted octanol–water partition coefficient (Wildman–Crippen LogP) is 1.97. The number of hydrogen-bond donors (Lipinski definition) is 1. The number of rotatable bonds is 4. The fourth-order valence-electron chi connectivity index (χ4n) is 1.48. The van der Waals surface area contributed by atoms with E-state index in [0.717, 1.165) is 18.5 Å². The molecule has 0 saturated heterocycles. The van der Waals surface area contributed by atoms with Crippen LogP contribution in [0.2, 0.25) is 0 Å². The van der Waals surface area contributed by atoms with Gasteiger partial charge in [0.1, 0.15) is 11.9 Å². The van der Waals surface area contributed by atoms with E-state index < -0.39 is 6.10 Å². The fourth-order valence-corrected chi connectivity index (χ4v) is 1.48. The van der Waals surface area contributed by atoms with Gasteiger partial charge in [0.15, 0.2) is 0 Å². The van der Waals surface area contributed by atoms with Crippen LogP contribution in [0.5, 0.6) is 0 Å². The third-order valence-electron chi connectivity index (χ3n) is 2.23. The molecule has 2 aromatic rings. The van der Waals surface area contributed by atoms with Crippen molar-refractivity contribution in [2.24, 2.45) is 0 Å². The van der Waals surface area contributed by atoms with E-state index >= 15 is 0 Å². The van der Waals surface area contributed by atoms with Crippen molar-refractivity contribution in [3.8, 4) is 0 Å². The molecule has 0 aliphatic carbocycles. The van der Waals surface area contributed by atoms with Gasteiger partial charge in [-0.05, 0) is 18.6 Å². The van der Waals surface area contributed by atoms with Gasteiger partial charge >= 0.3 is 0 Å². The molecule has 1 unspecified atom stereocenters. The molecule has 80 valence electrons. The SMILES string of the molecule is CCCn1cc(C(O)c2ccco2)cn1. The molecule has 1 N–H and O–H groups in total. The van der Waals surface area contributed by atoms with E-state index in [-0.39, 0.29) is 0 Å². The summed E-state index contributed by atoms with van der Waals surface area (Å²) >= 11 is 0. The van der Waals surface area contributed by atoms with Crippen molar-refractivity contribution >= 4 is 0 Å². The number of aliphatic hydroxyl groups is 1. The first-order valence-corrected chi connectivity index (χ1v) is 5.05. The summed E-state index contributed by atoms with van der Waals surface area (Å²) in [5.74, 6) is 0.547.